The number of anilines is 1. The van der Waals surface area contributed by atoms with Crippen LogP contribution in [0.25, 0.3) is 11.3 Å². The monoisotopic (exact) mass is 362 g/mol. The molecule has 0 atom stereocenters. The summed E-state index contributed by atoms with van der Waals surface area (Å²) in [6.45, 7) is 4.01. The second kappa shape index (κ2) is 6.58. The number of carbonyl (C=O) groups is 1. The van der Waals surface area contributed by atoms with E-state index in [2.05, 4.69) is 10.5 Å². The Labute approximate surface area is 158 Å². The van der Waals surface area contributed by atoms with E-state index in [1.807, 2.05) is 62.4 Å². The number of rotatable bonds is 5. The van der Waals surface area contributed by atoms with Gasteiger partial charge in [0.25, 0.3) is 0 Å². The summed E-state index contributed by atoms with van der Waals surface area (Å²) in [7, 11) is 1.63. The van der Waals surface area contributed by atoms with Gasteiger partial charge in [0, 0.05) is 17.3 Å². The molecule has 0 aliphatic heterocycles. The van der Waals surface area contributed by atoms with E-state index in [0.29, 0.717) is 11.5 Å². The van der Waals surface area contributed by atoms with Crippen molar-refractivity contribution in [1.82, 2.24) is 5.16 Å². The molecule has 0 bridgehead atoms. The molecule has 5 heteroatoms. The second-order valence-electron chi connectivity index (χ2n) is 7.16. The lowest BCUT2D eigenvalue weighted by Gasteiger charge is -2.14. The molecule has 27 heavy (non-hydrogen) atoms. The number of hydrogen-bond acceptors (Lipinski definition) is 4. The van der Waals surface area contributed by atoms with E-state index in [0.717, 1.165) is 41.0 Å². The zero-order chi connectivity index (χ0) is 19.0. The van der Waals surface area contributed by atoms with Gasteiger partial charge in [0.05, 0.1) is 18.2 Å². The van der Waals surface area contributed by atoms with Crippen molar-refractivity contribution in [1.29, 1.82) is 0 Å². The van der Waals surface area contributed by atoms with Gasteiger partial charge >= 0.3 is 0 Å². The summed E-state index contributed by atoms with van der Waals surface area (Å²) < 4.78 is 10.8. The molecule has 0 radical (unpaired) electrons. The average Bonchev–Trinajstić information content (AvgIpc) is 3.34. The topological polar surface area (TPSA) is 64.4 Å². The minimum absolute atomic E-state index is 0.0262. The van der Waals surface area contributed by atoms with Gasteiger partial charge in [-0.05, 0) is 56.0 Å². The number of carbonyl (C=O) groups excluding carboxylic acids is 1. The number of aromatic nitrogens is 1. The van der Waals surface area contributed by atoms with Crippen LogP contribution in [0.1, 0.15) is 29.7 Å². The van der Waals surface area contributed by atoms with E-state index < -0.39 is 5.41 Å². The highest BCUT2D eigenvalue weighted by Gasteiger charge is 2.54. The van der Waals surface area contributed by atoms with Gasteiger partial charge in [-0.3, -0.25) is 4.79 Å². The molecule has 1 saturated carbocycles. The molecule has 5 nitrogen and oxygen atoms in total. The average molecular weight is 362 g/mol. The third-order valence-corrected chi connectivity index (χ3v) is 5.18. The summed E-state index contributed by atoms with van der Waals surface area (Å²) in [4.78, 5) is 13.0. The molecule has 138 valence electrons. The van der Waals surface area contributed by atoms with Crippen LogP contribution in [0.2, 0.25) is 0 Å². The Morgan fingerprint density at radius 1 is 1.15 bits per heavy atom. The number of methoxy groups -OCH3 is 1. The Hall–Kier alpha value is -3.08. The van der Waals surface area contributed by atoms with E-state index in [9.17, 15) is 4.79 Å². The van der Waals surface area contributed by atoms with Crippen molar-refractivity contribution in [2.24, 2.45) is 0 Å². The summed E-state index contributed by atoms with van der Waals surface area (Å²) in [5, 5.41) is 7.29. The Kier molecular flexibility index (Phi) is 4.22. The molecule has 1 heterocycles. The Morgan fingerprint density at radius 2 is 1.96 bits per heavy atom. The molecule has 4 rings (SSSR count). The summed E-state index contributed by atoms with van der Waals surface area (Å²) in [6, 6.07) is 15.5. The smallest absolute Gasteiger partial charge is 0.236 e. The molecule has 1 aromatic heterocycles. The predicted octanol–water partition coefficient (Wildman–Crippen LogP) is 4.64. The Bertz CT molecular complexity index is 1000. The minimum Gasteiger partial charge on any atom is -0.497 e. The molecule has 1 amide bonds. The molecular weight excluding hydrogens is 340 g/mol. The third-order valence-electron chi connectivity index (χ3n) is 5.18. The van der Waals surface area contributed by atoms with Crippen LogP contribution >= 0.6 is 0 Å². The van der Waals surface area contributed by atoms with Crippen LogP contribution in [-0.4, -0.2) is 18.2 Å². The molecule has 1 fully saturated rings. The van der Waals surface area contributed by atoms with Crippen molar-refractivity contribution < 1.29 is 14.1 Å². The van der Waals surface area contributed by atoms with Crippen molar-refractivity contribution in [2.75, 3.05) is 12.4 Å². The number of amides is 1. The van der Waals surface area contributed by atoms with Crippen LogP contribution in [0.15, 0.2) is 53.1 Å². The Morgan fingerprint density at radius 3 is 2.70 bits per heavy atom. The maximum absolute atomic E-state index is 13.0. The van der Waals surface area contributed by atoms with Gasteiger partial charge in [0.15, 0.2) is 5.76 Å². The second-order valence-corrected chi connectivity index (χ2v) is 7.16. The Balaban J connectivity index is 1.58. The maximum atomic E-state index is 13.0. The molecule has 0 unspecified atom stereocenters. The maximum Gasteiger partial charge on any atom is 0.236 e. The number of aryl methyl sites for hydroxylation is 2. The van der Waals surface area contributed by atoms with Gasteiger partial charge in [-0.1, -0.05) is 29.4 Å². The molecule has 0 saturated heterocycles. The standard InChI is InChI=1S/C22H22N2O3/c1-14-7-8-15(2)18(11-14)23-21(25)22(9-10-22)20-13-19(27-24-20)16-5-4-6-17(12-16)26-3/h4-8,11-13H,9-10H2,1-3H3,(H,23,25). The van der Waals surface area contributed by atoms with E-state index >= 15 is 0 Å². The van der Waals surface area contributed by atoms with Crippen LogP contribution in [0.3, 0.4) is 0 Å². The lowest BCUT2D eigenvalue weighted by atomic mass is 9.99. The van der Waals surface area contributed by atoms with E-state index in [1.54, 1.807) is 7.11 Å². The summed E-state index contributed by atoms with van der Waals surface area (Å²) >= 11 is 0. The predicted molar refractivity (Wildman–Crippen MR) is 104 cm³/mol. The van der Waals surface area contributed by atoms with Crippen molar-refractivity contribution in [3.63, 3.8) is 0 Å². The summed E-state index contributed by atoms with van der Waals surface area (Å²) in [5.41, 5.74) is 3.96. The first-order chi connectivity index (χ1) is 13.0. The summed E-state index contributed by atoms with van der Waals surface area (Å²) in [6.07, 6.45) is 1.54. The fraction of sp³-hybridized carbons (Fsp3) is 0.273. The van der Waals surface area contributed by atoms with Gasteiger partial charge in [-0.25, -0.2) is 0 Å². The zero-order valence-corrected chi connectivity index (χ0v) is 15.7. The van der Waals surface area contributed by atoms with Gasteiger partial charge in [0.1, 0.15) is 5.75 Å². The highest BCUT2D eigenvalue weighted by atomic mass is 16.5. The van der Waals surface area contributed by atoms with E-state index in [-0.39, 0.29) is 5.91 Å². The van der Waals surface area contributed by atoms with Crippen molar-refractivity contribution in [3.8, 4) is 17.1 Å². The quantitative estimate of drug-likeness (QED) is 0.718. The van der Waals surface area contributed by atoms with Crippen LogP contribution in [0, 0.1) is 13.8 Å². The number of hydrogen-bond donors (Lipinski definition) is 1. The molecule has 1 aliphatic carbocycles. The lowest BCUT2D eigenvalue weighted by Crippen LogP contribution is -2.28. The first-order valence-electron chi connectivity index (χ1n) is 9.02. The molecule has 1 N–H and O–H groups in total. The molecular formula is C22H22N2O3. The van der Waals surface area contributed by atoms with Gasteiger partial charge in [-0.2, -0.15) is 0 Å². The normalized spacial score (nSPS) is 14.6. The van der Waals surface area contributed by atoms with Crippen LogP contribution < -0.4 is 10.1 Å². The SMILES string of the molecule is COc1cccc(-c2cc(C3(C(=O)Nc4cc(C)ccc4C)CC3)no2)c1. The van der Waals surface area contributed by atoms with Crippen LogP contribution in [0.5, 0.6) is 5.75 Å². The van der Waals surface area contributed by atoms with Gasteiger partial charge in [-0.15, -0.1) is 0 Å². The van der Waals surface area contributed by atoms with E-state index in [4.69, 9.17) is 9.26 Å². The highest BCUT2D eigenvalue weighted by Crippen LogP contribution is 2.49. The minimum atomic E-state index is -0.600. The van der Waals surface area contributed by atoms with Crippen LogP contribution in [-0.2, 0) is 10.2 Å². The fourth-order valence-electron chi connectivity index (χ4n) is 3.25. The first kappa shape index (κ1) is 17.3. The fourth-order valence-corrected chi connectivity index (χ4v) is 3.25. The zero-order valence-electron chi connectivity index (χ0n) is 15.7. The molecule has 1 aliphatic rings. The van der Waals surface area contributed by atoms with Crippen molar-refractivity contribution in [3.05, 3.63) is 65.4 Å². The van der Waals surface area contributed by atoms with E-state index in [1.165, 1.54) is 0 Å². The number of benzene rings is 2. The number of nitrogens with one attached hydrogen (secondary N) is 1. The molecule has 0 spiro atoms. The molecule has 3 aromatic rings. The van der Waals surface area contributed by atoms with Crippen LogP contribution in [0.4, 0.5) is 5.69 Å². The largest absolute Gasteiger partial charge is 0.497 e. The number of nitrogens with zero attached hydrogens (tertiary/aromatic N) is 1. The third kappa shape index (κ3) is 3.21. The molecule has 2 aromatic carbocycles. The van der Waals surface area contributed by atoms with Crippen molar-refractivity contribution >= 4 is 11.6 Å². The first-order valence-corrected chi connectivity index (χ1v) is 9.02. The van der Waals surface area contributed by atoms with Gasteiger partial charge in [0.2, 0.25) is 5.91 Å². The summed E-state index contributed by atoms with van der Waals surface area (Å²) in [5.74, 6) is 1.36. The lowest BCUT2D eigenvalue weighted by molar-refractivity contribution is -0.118. The number of ether oxygens (including phenoxy) is 1. The highest BCUT2D eigenvalue weighted by molar-refractivity contribution is 6.01. The van der Waals surface area contributed by atoms with Crippen molar-refractivity contribution in [2.45, 2.75) is 32.1 Å². The van der Waals surface area contributed by atoms with Gasteiger partial charge < -0.3 is 14.6 Å².